The number of rotatable bonds is 4. The number of nitrogens with one attached hydrogen (secondary N) is 1. The van der Waals surface area contributed by atoms with Crippen LogP contribution < -0.4 is 5.32 Å². The van der Waals surface area contributed by atoms with E-state index in [1.54, 1.807) is 0 Å². The lowest BCUT2D eigenvalue weighted by Gasteiger charge is -2.21. The van der Waals surface area contributed by atoms with E-state index in [2.05, 4.69) is 84.5 Å². The summed E-state index contributed by atoms with van der Waals surface area (Å²) in [6, 6.07) is 15.4. The summed E-state index contributed by atoms with van der Waals surface area (Å²) in [6.45, 7) is 7.40. The first kappa shape index (κ1) is 14.3. The molecule has 1 N–H and O–H groups in total. The van der Waals surface area contributed by atoms with Gasteiger partial charge in [-0.2, -0.15) is 0 Å². The van der Waals surface area contributed by atoms with E-state index >= 15 is 0 Å². The van der Waals surface area contributed by atoms with E-state index in [9.17, 15) is 0 Å². The summed E-state index contributed by atoms with van der Waals surface area (Å²) in [7, 11) is 0. The molecule has 19 heavy (non-hydrogen) atoms. The van der Waals surface area contributed by atoms with Crippen LogP contribution in [0.3, 0.4) is 0 Å². The van der Waals surface area contributed by atoms with Crippen LogP contribution in [0.15, 0.2) is 46.9 Å². The Balaban J connectivity index is 2.48. The zero-order valence-corrected chi connectivity index (χ0v) is 13.3. The summed E-state index contributed by atoms with van der Waals surface area (Å²) in [5.41, 5.74) is 5.26. The lowest BCUT2D eigenvalue weighted by molar-refractivity contribution is 0.627. The van der Waals surface area contributed by atoms with Crippen LogP contribution in [0.4, 0.5) is 0 Å². The minimum Gasteiger partial charge on any atom is -0.307 e. The molecule has 0 bridgehead atoms. The molecule has 0 saturated carbocycles. The van der Waals surface area contributed by atoms with Gasteiger partial charge in [0.25, 0.3) is 0 Å². The molecule has 2 aromatic carbocycles. The van der Waals surface area contributed by atoms with Crippen LogP contribution in [0.5, 0.6) is 0 Å². The van der Waals surface area contributed by atoms with Crippen molar-refractivity contribution in [2.24, 2.45) is 0 Å². The highest BCUT2D eigenvalue weighted by Gasteiger charge is 2.15. The van der Waals surface area contributed by atoms with Crippen LogP contribution in [-0.2, 0) is 0 Å². The SMILES string of the molecule is CCNC(c1cc(C)cc(Br)c1)c1ccccc1C. The van der Waals surface area contributed by atoms with Crippen molar-refractivity contribution in [1.29, 1.82) is 0 Å². The van der Waals surface area contributed by atoms with Crippen molar-refractivity contribution >= 4 is 15.9 Å². The van der Waals surface area contributed by atoms with E-state index in [4.69, 9.17) is 0 Å². The molecule has 0 aliphatic heterocycles. The van der Waals surface area contributed by atoms with E-state index in [0.29, 0.717) is 0 Å². The molecule has 2 heteroatoms. The van der Waals surface area contributed by atoms with Gasteiger partial charge in [0.05, 0.1) is 6.04 Å². The number of aryl methyl sites for hydroxylation is 2. The van der Waals surface area contributed by atoms with Crippen LogP contribution in [-0.4, -0.2) is 6.54 Å². The topological polar surface area (TPSA) is 12.0 Å². The highest BCUT2D eigenvalue weighted by atomic mass is 79.9. The van der Waals surface area contributed by atoms with E-state index < -0.39 is 0 Å². The molecule has 2 aromatic rings. The Labute approximate surface area is 124 Å². The minimum atomic E-state index is 0.252. The molecule has 1 unspecified atom stereocenters. The van der Waals surface area contributed by atoms with Crippen molar-refractivity contribution < 1.29 is 0 Å². The summed E-state index contributed by atoms with van der Waals surface area (Å²) < 4.78 is 1.14. The van der Waals surface area contributed by atoms with Gasteiger partial charge >= 0.3 is 0 Å². The second-order valence-electron chi connectivity index (χ2n) is 4.91. The second kappa shape index (κ2) is 6.36. The summed E-state index contributed by atoms with van der Waals surface area (Å²) >= 11 is 3.60. The first-order chi connectivity index (χ1) is 9.11. The summed E-state index contributed by atoms with van der Waals surface area (Å²) in [5, 5.41) is 3.59. The van der Waals surface area contributed by atoms with Gasteiger partial charge in [0.15, 0.2) is 0 Å². The minimum absolute atomic E-state index is 0.252. The van der Waals surface area contributed by atoms with E-state index in [0.717, 1.165) is 11.0 Å². The van der Waals surface area contributed by atoms with Crippen molar-refractivity contribution in [2.45, 2.75) is 26.8 Å². The first-order valence-corrected chi connectivity index (χ1v) is 7.47. The van der Waals surface area contributed by atoms with Crippen LogP contribution in [0.2, 0.25) is 0 Å². The quantitative estimate of drug-likeness (QED) is 0.856. The second-order valence-corrected chi connectivity index (χ2v) is 5.82. The molecular weight excluding hydrogens is 298 g/mol. The summed E-state index contributed by atoms with van der Waals surface area (Å²) in [4.78, 5) is 0. The van der Waals surface area contributed by atoms with Crippen molar-refractivity contribution in [3.8, 4) is 0 Å². The molecule has 0 radical (unpaired) electrons. The first-order valence-electron chi connectivity index (χ1n) is 6.68. The Bertz CT molecular complexity index is 543. The molecule has 0 saturated heterocycles. The van der Waals surface area contributed by atoms with Gasteiger partial charge in [-0.05, 0) is 54.8 Å². The number of halogens is 1. The van der Waals surface area contributed by atoms with Crippen LogP contribution >= 0.6 is 15.9 Å². The monoisotopic (exact) mass is 317 g/mol. The predicted molar refractivity (Wildman–Crippen MR) is 85.6 cm³/mol. The van der Waals surface area contributed by atoms with E-state index in [1.807, 2.05) is 0 Å². The van der Waals surface area contributed by atoms with Crippen LogP contribution in [0.25, 0.3) is 0 Å². The normalized spacial score (nSPS) is 12.4. The Morgan fingerprint density at radius 1 is 1.11 bits per heavy atom. The smallest absolute Gasteiger partial charge is 0.0579 e. The standard InChI is InChI=1S/C17H20BrN/c1-4-19-17(16-8-6-5-7-13(16)3)14-9-12(2)10-15(18)11-14/h5-11,17,19H,4H2,1-3H3. The number of hydrogen-bond acceptors (Lipinski definition) is 1. The Hall–Kier alpha value is -1.12. The average Bonchev–Trinajstić information content (AvgIpc) is 2.36. The lowest BCUT2D eigenvalue weighted by Crippen LogP contribution is -2.22. The predicted octanol–water partition coefficient (Wildman–Crippen LogP) is 4.76. The largest absolute Gasteiger partial charge is 0.307 e. The summed E-state index contributed by atoms with van der Waals surface area (Å²) in [5.74, 6) is 0. The maximum Gasteiger partial charge on any atom is 0.0579 e. The molecule has 100 valence electrons. The van der Waals surface area contributed by atoms with Gasteiger partial charge in [-0.1, -0.05) is 53.2 Å². The van der Waals surface area contributed by atoms with Crippen molar-refractivity contribution in [2.75, 3.05) is 6.54 Å². The molecule has 1 atom stereocenters. The third-order valence-electron chi connectivity index (χ3n) is 3.31. The van der Waals surface area contributed by atoms with Gasteiger partial charge in [0.2, 0.25) is 0 Å². The zero-order chi connectivity index (χ0) is 13.8. The Morgan fingerprint density at radius 2 is 1.84 bits per heavy atom. The average molecular weight is 318 g/mol. The van der Waals surface area contributed by atoms with E-state index in [1.165, 1.54) is 22.3 Å². The number of benzene rings is 2. The maximum absolute atomic E-state index is 3.60. The molecule has 0 aliphatic carbocycles. The van der Waals surface area contributed by atoms with Crippen LogP contribution in [0, 0.1) is 13.8 Å². The summed E-state index contributed by atoms with van der Waals surface area (Å²) in [6.07, 6.45) is 0. The van der Waals surface area contributed by atoms with Crippen molar-refractivity contribution in [3.05, 3.63) is 69.2 Å². The fraction of sp³-hybridized carbons (Fsp3) is 0.294. The molecule has 0 heterocycles. The van der Waals surface area contributed by atoms with Gasteiger partial charge in [-0.3, -0.25) is 0 Å². The fourth-order valence-corrected chi connectivity index (χ4v) is 3.08. The zero-order valence-electron chi connectivity index (χ0n) is 11.7. The van der Waals surface area contributed by atoms with Crippen molar-refractivity contribution in [1.82, 2.24) is 5.32 Å². The third kappa shape index (κ3) is 3.46. The van der Waals surface area contributed by atoms with Gasteiger partial charge in [-0.25, -0.2) is 0 Å². The molecule has 0 aromatic heterocycles. The highest BCUT2D eigenvalue weighted by Crippen LogP contribution is 2.27. The molecule has 0 amide bonds. The molecule has 1 nitrogen and oxygen atoms in total. The third-order valence-corrected chi connectivity index (χ3v) is 3.76. The van der Waals surface area contributed by atoms with Crippen LogP contribution in [0.1, 0.15) is 35.2 Å². The highest BCUT2D eigenvalue weighted by molar-refractivity contribution is 9.10. The molecule has 2 rings (SSSR count). The lowest BCUT2D eigenvalue weighted by atomic mass is 9.94. The van der Waals surface area contributed by atoms with Gasteiger partial charge in [0, 0.05) is 4.47 Å². The van der Waals surface area contributed by atoms with Crippen molar-refractivity contribution in [3.63, 3.8) is 0 Å². The molecule has 0 spiro atoms. The van der Waals surface area contributed by atoms with Gasteiger partial charge in [0.1, 0.15) is 0 Å². The molecule has 0 aliphatic rings. The van der Waals surface area contributed by atoms with E-state index in [-0.39, 0.29) is 6.04 Å². The Kier molecular flexibility index (Phi) is 4.78. The molecule has 0 fully saturated rings. The maximum atomic E-state index is 3.60. The fourth-order valence-electron chi connectivity index (χ4n) is 2.45. The molecular formula is C17H20BrN. The Morgan fingerprint density at radius 3 is 2.47 bits per heavy atom. The van der Waals surface area contributed by atoms with Gasteiger partial charge in [-0.15, -0.1) is 0 Å². The number of hydrogen-bond donors (Lipinski definition) is 1. The van der Waals surface area contributed by atoms with Gasteiger partial charge < -0.3 is 5.32 Å².